The summed E-state index contributed by atoms with van der Waals surface area (Å²) >= 11 is 0. The van der Waals surface area contributed by atoms with Crippen LogP contribution in [0.25, 0.3) is 0 Å². The number of carbonyl (C=O) groups is 1. The largest absolute Gasteiger partial charge is 0.469 e. The van der Waals surface area contributed by atoms with Crippen molar-refractivity contribution in [2.75, 3.05) is 12.4 Å². The SMILES string of the molecule is [CH2]Nc1cccc(C#CCCCC(=O)OC)c1. The molecular formula is C14H16NO2. The van der Waals surface area contributed by atoms with Gasteiger partial charge in [0.25, 0.3) is 0 Å². The minimum Gasteiger partial charge on any atom is -0.469 e. The second-order valence-corrected chi connectivity index (χ2v) is 3.49. The smallest absolute Gasteiger partial charge is 0.305 e. The fourth-order valence-corrected chi connectivity index (χ4v) is 1.29. The Kier molecular flexibility index (Phi) is 5.67. The topological polar surface area (TPSA) is 38.3 Å². The highest BCUT2D eigenvalue weighted by atomic mass is 16.5. The number of methoxy groups -OCH3 is 1. The zero-order valence-electron chi connectivity index (χ0n) is 9.95. The third kappa shape index (κ3) is 5.07. The molecule has 0 atom stereocenters. The molecule has 1 N–H and O–H groups in total. The molecule has 1 rings (SSSR count). The Balaban J connectivity index is 2.40. The molecule has 89 valence electrons. The molecule has 0 amide bonds. The number of hydrogen-bond acceptors (Lipinski definition) is 3. The summed E-state index contributed by atoms with van der Waals surface area (Å²) in [7, 11) is 4.98. The van der Waals surface area contributed by atoms with Crippen LogP contribution < -0.4 is 5.32 Å². The van der Waals surface area contributed by atoms with E-state index in [1.807, 2.05) is 24.3 Å². The summed E-state index contributed by atoms with van der Waals surface area (Å²) in [6.07, 6.45) is 1.84. The van der Waals surface area contributed by atoms with E-state index in [0.29, 0.717) is 12.8 Å². The Bertz CT molecular complexity index is 429. The predicted molar refractivity (Wildman–Crippen MR) is 68.2 cm³/mol. The van der Waals surface area contributed by atoms with E-state index in [-0.39, 0.29) is 5.97 Å². The number of unbranched alkanes of at least 4 members (excludes halogenated alkanes) is 1. The summed E-state index contributed by atoms with van der Waals surface area (Å²) in [5.74, 6) is 5.88. The first-order valence-electron chi connectivity index (χ1n) is 5.45. The Morgan fingerprint density at radius 2 is 2.35 bits per heavy atom. The van der Waals surface area contributed by atoms with E-state index < -0.39 is 0 Å². The lowest BCUT2D eigenvalue weighted by atomic mass is 10.2. The van der Waals surface area contributed by atoms with Gasteiger partial charge in [0.1, 0.15) is 0 Å². The molecule has 0 saturated carbocycles. The fourth-order valence-electron chi connectivity index (χ4n) is 1.29. The number of ether oxygens (including phenoxy) is 1. The Hall–Kier alpha value is -1.95. The first kappa shape index (κ1) is 13.1. The van der Waals surface area contributed by atoms with Crippen LogP contribution in [0.3, 0.4) is 0 Å². The number of rotatable bonds is 4. The lowest BCUT2D eigenvalue weighted by molar-refractivity contribution is -0.140. The summed E-state index contributed by atoms with van der Waals surface area (Å²) in [6.45, 7) is 0. The summed E-state index contributed by atoms with van der Waals surface area (Å²) < 4.78 is 4.54. The van der Waals surface area contributed by atoms with E-state index in [0.717, 1.165) is 17.7 Å². The van der Waals surface area contributed by atoms with E-state index in [2.05, 4.69) is 28.9 Å². The number of esters is 1. The van der Waals surface area contributed by atoms with Crippen LogP contribution in [0.15, 0.2) is 24.3 Å². The van der Waals surface area contributed by atoms with Crippen molar-refractivity contribution in [2.24, 2.45) is 0 Å². The van der Waals surface area contributed by atoms with Crippen molar-refractivity contribution < 1.29 is 9.53 Å². The molecule has 0 unspecified atom stereocenters. The van der Waals surface area contributed by atoms with Crippen molar-refractivity contribution in [3.05, 3.63) is 36.9 Å². The molecule has 0 spiro atoms. The van der Waals surface area contributed by atoms with Gasteiger partial charge in [-0.25, -0.2) is 0 Å². The fraction of sp³-hybridized carbons (Fsp3) is 0.286. The number of benzene rings is 1. The monoisotopic (exact) mass is 230 g/mol. The van der Waals surface area contributed by atoms with E-state index >= 15 is 0 Å². The molecule has 17 heavy (non-hydrogen) atoms. The summed E-state index contributed by atoms with van der Waals surface area (Å²) in [4.78, 5) is 10.8. The molecule has 0 aliphatic rings. The van der Waals surface area contributed by atoms with Crippen molar-refractivity contribution in [3.63, 3.8) is 0 Å². The van der Waals surface area contributed by atoms with Gasteiger partial charge in [-0.3, -0.25) is 4.79 Å². The minimum atomic E-state index is -0.185. The molecule has 0 aliphatic heterocycles. The first-order valence-corrected chi connectivity index (χ1v) is 5.45. The quantitative estimate of drug-likeness (QED) is 0.491. The van der Waals surface area contributed by atoms with Gasteiger partial charge >= 0.3 is 5.97 Å². The first-order chi connectivity index (χ1) is 8.26. The molecule has 0 bridgehead atoms. The molecule has 3 nitrogen and oxygen atoms in total. The van der Waals surface area contributed by atoms with Crippen molar-refractivity contribution in [2.45, 2.75) is 19.3 Å². The van der Waals surface area contributed by atoms with Crippen LogP contribution in [0.2, 0.25) is 0 Å². The highest BCUT2D eigenvalue weighted by molar-refractivity contribution is 5.69. The highest BCUT2D eigenvalue weighted by Crippen LogP contribution is 2.08. The average molecular weight is 230 g/mol. The van der Waals surface area contributed by atoms with Gasteiger partial charge in [-0.15, -0.1) is 0 Å². The second kappa shape index (κ2) is 7.34. The minimum absolute atomic E-state index is 0.185. The van der Waals surface area contributed by atoms with Gasteiger partial charge in [0, 0.05) is 31.1 Å². The van der Waals surface area contributed by atoms with Gasteiger partial charge in [-0.1, -0.05) is 17.9 Å². The number of anilines is 1. The lowest BCUT2D eigenvalue weighted by Crippen LogP contribution is -1.98. The van der Waals surface area contributed by atoms with Crippen LogP contribution >= 0.6 is 0 Å². The number of nitrogens with one attached hydrogen (secondary N) is 1. The van der Waals surface area contributed by atoms with Crippen molar-refractivity contribution >= 4 is 11.7 Å². The Morgan fingerprint density at radius 1 is 1.53 bits per heavy atom. The maximum absolute atomic E-state index is 10.8. The Labute approximate surface area is 102 Å². The van der Waals surface area contributed by atoms with Crippen LogP contribution in [0.1, 0.15) is 24.8 Å². The maximum atomic E-state index is 10.8. The van der Waals surface area contributed by atoms with Gasteiger partial charge in [0.15, 0.2) is 0 Å². The van der Waals surface area contributed by atoms with Crippen LogP contribution in [0.4, 0.5) is 5.69 Å². The molecule has 0 aliphatic carbocycles. The predicted octanol–water partition coefficient (Wildman–Crippen LogP) is 2.58. The molecule has 3 heteroatoms. The standard InChI is InChI=1S/C14H16NO2/c1-15-13-9-6-8-12(11-13)7-4-3-5-10-14(16)17-2/h6,8-9,11,15H,1,3,5,10H2,2H3. The van der Waals surface area contributed by atoms with E-state index in [1.165, 1.54) is 7.11 Å². The van der Waals surface area contributed by atoms with Gasteiger partial charge in [0.05, 0.1) is 7.11 Å². The van der Waals surface area contributed by atoms with Gasteiger partial charge < -0.3 is 10.1 Å². The van der Waals surface area contributed by atoms with Crippen LogP contribution in [0, 0.1) is 18.9 Å². The second-order valence-electron chi connectivity index (χ2n) is 3.49. The molecular weight excluding hydrogens is 214 g/mol. The molecule has 0 heterocycles. The molecule has 1 aromatic carbocycles. The molecule has 1 radical (unpaired) electrons. The molecule has 0 aromatic heterocycles. The van der Waals surface area contributed by atoms with Gasteiger partial charge in [0.2, 0.25) is 0 Å². The van der Waals surface area contributed by atoms with Gasteiger partial charge in [-0.2, -0.15) is 0 Å². The maximum Gasteiger partial charge on any atom is 0.305 e. The molecule has 0 fully saturated rings. The molecule has 0 saturated heterocycles. The summed E-state index contributed by atoms with van der Waals surface area (Å²) in [5, 5.41) is 2.81. The Morgan fingerprint density at radius 3 is 3.06 bits per heavy atom. The lowest BCUT2D eigenvalue weighted by Gasteiger charge is -1.98. The molecule has 1 aromatic rings. The number of hydrogen-bond donors (Lipinski definition) is 1. The third-order valence-electron chi connectivity index (χ3n) is 2.21. The van der Waals surface area contributed by atoms with E-state index in [9.17, 15) is 4.79 Å². The highest BCUT2D eigenvalue weighted by Gasteiger charge is 1.97. The van der Waals surface area contributed by atoms with E-state index in [4.69, 9.17) is 0 Å². The van der Waals surface area contributed by atoms with Gasteiger partial charge in [-0.05, 0) is 24.6 Å². The summed E-state index contributed by atoms with van der Waals surface area (Å²) in [5.41, 5.74) is 1.88. The normalized spacial score (nSPS) is 9.06. The van der Waals surface area contributed by atoms with Crippen molar-refractivity contribution in [1.82, 2.24) is 0 Å². The van der Waals surface area contributed by atoms with Crippen LogP contribution in [-0.2, 0) is 9.53 Å². The van der Waals surface area contributed by atoms with Crippen LogP contribution in [-0.4, -0.2) is 13.1 Å². The van der Waals surface area contributed by atoms with Crippen molar-refractivity contribution in [1.29, 1.82) is 0 Å². The number of carbonyl (C=O) groups excluding carboxylic acids is 1. The zero-order valence-corrected chi connectivity index (χ0v) is 9.95. The van der Waals surface area contributed by atoms with Crippen molar-refractivity contribution in [3.8, 4) is 11.8 Å². The van der Waals surface area contributed by atoms with E-state index in [1.54, 1.807) is 0 Å². The zero-order chi connectivity index (χ0) is 12.5. The van der Waals surface area contributed by atoms with Crippen LogP contribution in [0.5, 0.6) is 0 Å². The summed E-state index contributed by atoms with van der Waals surface area (Å²) in [6, 6.07) is 7.72. The average Bonchev–Trinajstić information content (AvgIpc) is 2.38. The third-order valence-corrected chi connectivity index (χ3v) is 2.21.